The van der Waals surface area contributed by atoms with Gasteiger partial charge in [0.25, 0.3) is 5.56 Å². The average molecular weight is 359 g/mol. The molecule has 0 radical (unpaired) electrons. The maximum Gasteiger partial charge on any atom is 0.268 e. The third-order valence-corrected chi connectivity index (χ3v) is 5.54. The summed E-state index contributed by atoms with van der Waals surface area (Å²) in [6.45, 7) is 9.14. The fourth-order valence-corrected chi connectivity index (χ4v) is 4.30. The number of aromatic amines is 1. The topological polar surface area (TPSA) is 77.1 Å². The molecule has 0 atom stereocenters. The van der Waals surface area contributed by atoms with Gasteiger partial charge >= 0.3 is 0 Å². The van der Waals surface area contributed by atoms with E-state index in [4.69, 9.17) is 14.5 Å². The Morgan fingerprint density at radius 1 is 1.44 bits per heavy atom. The van der Waals surface area contributed by atoms with Crippen molar-refractivity contribution in [2.45, 2.75) is 59.0 Å². The first-order valence-corrected chi connectivity index (χ1v) is 9.23. The summed E-state index contributed by atoms with van der Waals surface area (Å²) in [5.74, 6) is 0. The number of hydrogen-bond donors (Lipinski definition) is 1. The Hall–Kier alpha value is -1.83. The van der Waals surface area contributed by atoms with Gasteiger partial charge in [0.1, 0.15) is 9.53 Å². The quantitative estimate of drug-likeness (QED) is 0.776. The van der Waals surface area contributed by atoms with E-state index in [0.717, 1.165) is 33.5 Å². The lowest BCUT2D eigenvalue weighted by Gasteiger charge is -2.32. The van der Waals surface area contributed by atoms with Gasteiger partial charge in [-0.25, -0.2) is 9.97 Å². The summed E-state index contributed by atoms with van der Waals surface area (Å²) < 4.78 is 12.5. The van der Waals surface area contributed by atoms with Crippen LogP contribution in [0.5, 0.6) is 0 Å². The third-order valence-electron chi connectivity index (χ3n) is 4.47. The molecule has 132 valence electrons. The lowest BCUT2D eigenvalue weighted by Crippen LogP contribution is -2.33. The number of nitrogens with zero attached hydrogens (tertiary/aromatic N) is 2. The van der Waals surface area contributed by atoms with Gasteiger partial charge in [-0.15, -0.1) is 11.3 Å². The highest BCUT2D eigenvalue weighted by molar-refractivity contribution is 7.25. The molecule has 7 heteroatoms. The van der Waals surface area contributed by atoms with Gasteiger partial charge in [-0.1, -0.05) is 0 Å². The van der Waals surface area contributed by atoms with Crippen LogP contribution in [0.3, 0.4) is 0 Å². The normalized spacial score (nSPS) is 16.7. The molecule has 0 unspecified atom stereocenters. The molecule has 1 aliphatic rings. The molecule has 0 amide bonds. The van der Waals surface area contributed by atoms with Crippen LogP contribution < -0.4 is 5.56 Å². The van der Waals surface area contributed by atoms with Crippen molar-refractivity contribution >= 4 is 31.8 Å². The van der Waals surface area contributed by atoms with Crippen molar-refractivity contribution in [2.24, 2.45) is 0 Å². The number of ether oxygens (including phenoxy) is 2. The number of fused-ring (bicyclic) bond motifs is 4. The molecule has 0 bridgehead atoms. The predicted octanol–water partition coefficient (Wildman–Crippen LogP) is 3.31. The monoisotopic (exact) mass is 359 g/mol. The molecule has 1 aliphatic heterocycles. The fourth-order valence-electron chi connectivity index (χ4n) is 3.22. The molecule has 0 saturated heterocycles. The van der Waals surface area contributed by atoms with Crippen molar-refractivity contribution in [1.29, 1.82) is 0 Å². The van der Waals surface area contributed by atoms with Crippen LogP contribution in [0.1, 0.15) is 44.5 Å². The largest absolute Gasteiger partial charge is 0.374 e. The first-order chi connectivity index (χ1) is 11.9. The highest BCUT2D eigenvalue weighted by Crippen LogP contribution is 2.38. The number of nitrogens with one attached hydrogen (secondary N) is 1. The lowest BCUT2D eigenvalue weighted by molar-refractivity contribution is -0.0424. The molecule has 3 aromatic heterocycles. The van der Waals surface area contributed by atoms with Crippen molar-refractivity contribution in [3.63, 3.8) is 0 Å². The highest BCUT2D eigenvalue weighted by Gasteiger charge is 2.31. The summed E-state index contributed by atoms with van der Waals surface area (Å²) in [5.41, 5.74) is 3.50. The molecular formula is C18H21N3O3S. The van der Waals surface area contributed by atoms with E-state index in [1.165, 1.54) is 17.7 Å². The van der Waals surface area contributed by atoms with Gasteiger partial charge < -0.3 is 14.5 Å². The molecule has 6 nitrogen and oxygen atoms in total. The second-order valence-electron chi connectivity index (χ2n) is 7.29. The minimum atomic E-state index is -0.240. The first-order valence-electron chi connectivity index (χ1n) is 8.42. The van der Waals surface area contributed by atoms with Gasteiger partial charge in [0.15, 0.2) is 0 Å². The third kappa shape index (κ3) is 2.86. The molecule has 4 heterocycles. The van der Waals surface area contributed by atoms with E-state index in [0.29, 0.717) is 23.4 Å². The summed E-state index contributed by atoms with van der Waals surface area (Å²) in [4.78, 5) is 25.0. The second-order valence-corrected chi connectivity index (χ2v) is 8.29. The molecule has 0 aliphatic carbocycles. The van der Waals surface area contributed by atoms with Crippen LogP contribution >= 0.6 is 11.3 Å². The number of hydrogen-bond acceptors (Lipinski definition) is 6. The number of aromatic nitrogens is 3. The maximum absolute atomic E-state index is 12.2. The summed E-state index contributed by atoms with van der Waals surface area (Å²) >= 11 is 1.40. The second kappa shape index (κ2) is 5.86. The van der Waals surface area contributed by atoms with Crippen LogP contribution in [0.25, 0.3) is 20.4 Å². The van der Waals surface area contributed by atoms with Crippen LogP contribution in [-0.4, -0.2) is 26.7 Å². The molecule has 4 rings (SSSR count). The van der Waals surface area contributed by atoms with Gasteiger partial charge in [0.05, 0.1) is 42.5 Å². The number of thiophene rings is 1. The Kier molecular flexibility index (Phi) is 3.90. The average Bonchev–Trinajstić information content (AvgIpc) is 2.90. The lowest BCUT2D eigenvalue weighted by atomic mass is 9.92. The molecule has 25 heavy (non-hydrogen) atoms. The van der Waals surface area contributed by atoms with Crippen LogP contribution in [0.15, 0.2) is 11.1 Å². The van der Waals surface area contributed by atoms with E-state index >= 15 is 0 Å². The molecule has 0 spiro atoms. The predicted molar refractivity (Wildman–Crippen MR) is 98.0 cm³/mol. The Balaban J connectivity index is 2.02. The number of rotatable bonds is 3. The van der Waals surface area contributed by atoms with Crippen molar-refractivity contribution in [3.05, 3.63) is 33.5 Å². The van der Waals surface area contributed by atoms with Crippen molar-refractivity contribution in [2.75, 3.05) is 0 Å². The SMILES string of the molecule is CC(C)OCc1c2c(nc3sc4c(=O)[nH]cnc4c13)CC(C)(C)OC2. The van der Waals surface area contributed by atoms with E-state index < -0.39 is 0 Å². The van der Waals surface area contributed by atoms with Crippen LogP contribution in [-0.2, 0) is 29.1 Å². The smallest absolute Gasteiger partial charge is 0.268 e. The summed E-state index contributed by atoms with van der Waals surface area (Å²) in [6, 6.07) is 0. The number of pyridine rings is 1. The Morgan fingerprint density at radius 2 is 2.24 bits per heavy atom. The van der Waals surface area contributed by atoms with Gasteiger partial charge in [-0.2, -0.15) is 0 Å². The fraction of sp³-hybridized carbons (Fsp3) is 0.500. The summed E-state index contributed by atoms with van der Waals surface area (Å²) in [5, 5.41) is 0.925. The zero-order valence-electron chi connectivity index (χ0n) is 14.8. The van der Waals surface area contributed by atoms with Gasteiger partial charge in [0, 0.05) is 17.4 Å². The van der Waals surface area contributed by atoms with Gasteiger partial charge in [0.2, 0.25) is 0 Å². The minimum absolute atomic E-state index is 0.112. The minimum Gasteiger partial charge on any atom is -0.374 e. The standard InChI is InChI=1S/C18H21N3O3S/c1-9(2)23-6-11-10-7-24-18(3,4)5-12(10)21-17-13(11)14-15(25-17)16(22)20-8-19-14/h8-9H,5-7H2,1-4H3,(H,19,20,22). The number of H-pyrrole nitrogens is 1. The van der Waals surface area contributed by atoms with Crippen molar-refractivity contribution in [1.82, 2.24) is 15.0 Å². The molecule has 0 aromatic carbocycles. The zero-order valence-corrected chi connectivity index (χ0v) is 15.6. The van der Waals surface area contributed by atoms with Crippen LogP contribution in [0, 0.1) is 0 Å². The Morgan fingerprint density at radius 3 is 3.00 bits per heavy atom. The van der Waals surface area contributed by atoms with Gasteiger partial charge in [-0.3, -0.25) is 4.79 Å². The summed E-state index contributed by atoms with van der Waals surface area (Å²) in [6.07, 6.45) is 2.30. The van der Waals surface area contributed by atoms with E-state index in [1.807, 2.05) is 13.8 Å². The molecular weight excluding hydrogens is 338 g/mol. The van der Waals surface area contributed by atoms with Crippen LogP contribution in [0.4, 0.5) is 0 Å². The molecule has 0 fully saturated rings. The molecule has 3 aromatic rings. The van der Waals surface area contributed by atoms with Gasteiger partial charge in [-0.05, 0) is 33.3 Å². The Bertz CT molecular complexity index is 1020. The first kappa shape index (κ1) is 16.6. The van der Waals surface area contributed by atoms with Crippen molar-refractivity contribution < 1.29 is 9.47 Å². The molecule has 0 saturated carbocycles. The van der Waals surface area contributed by atoms with E-state index in [-0.39, 0.29) is 17.3 Å². The highest BCUT2D eigenvalue weighted by atomic mass is 32.1. The van der Waals surface area contributed by atoms with E-state index in [9.17, 15) is 4.79 Å². The molecule has 1 N–H and O–H groups in total. The maximum atomic E-state index is 12.2. The van der Waals surface area contributed by atoms with Crippen molar-refractivity contribution in [3.8, 4) is 0 Å². The zero-order chi connectivity index (χ0) is 17.8. The van der Waals surface area contributed by atoms with E-state index in [1.54, 1.807) is 0 Å². The Labute approximate surface area is 149 Å². The summed E-state index contributed by atoms with van der Waals surface area (Å²) in [7, 11) is 0. The van der Waals surface area contributed by atoms with Crippen LogP contribution in [0.2, 0.25) is 0 Å². The van der Waals surface area contributed by atoms with E-state index in [2.05, 4.69) is 23.8 Å².